The summed E-state index contributed by atoms with van der Waals surface area (Å²) in [5.41, 5.74) is 2.32. The van der Waals surface area contributed by atoms with Gasteiger partial charge in [-0.25, -0.2) is 22.7 Å². The highest BCUT2D eigenvalue weighted by Crippen LogP contribution is 2.22. The molecule has 23 heavy (non-hydrogen) atoms. The fraction of sp³-hybridized carbons (Fsp3) is 0.733. The Morgan fingerprint density at radius 3 is 3.00 bits per heavy atom. The predicted molar refractivity (Wildman–Crippen MR) is 89.9 cm³/mol. The molecule has 128 valence electrons. The van der Waals surface area contributed by atoms with Crippen molar-refractivity contribution in [2.75, 3.05) is 44.3 Å². The fourth-order valence-corrected chi connectivity index (χ4v) is 4.30. The standard InChI is InChI=1S/C15H25N5O2S/c1-23(21,22)20-8-2-3-12(10-20)9-17-15-13-4-6-16-7-5-14(13)18-11-19-15/h11-12,16H,2-10H2,1H3,(H,17,18,19)/t12-/m1/s1. The number of fused-ring (bicyclic) bond motifs is 1. The van der Waals surface area contributed by atoms with Gasteiger partial charge < -0.3 is 10.6 Å². The molecule has 0 spiro atoms. The summed E-state index contributed by atoms with van der Waals surface area (Å²) < 4.78 is 25.0. The molecule has 2 N–H and O–H groups in total. The molecule has 1 aromatic heterocycles. The molecule has 0 aliphatic carbocycles. The minimum atomic E-state index is -3.09. The zero-order valence-electron chi connectivity index (χ0n) is 13.6. The molecule has 0 aromatic carbocycles. The van der Waals surface area contributed by atoms with E-state index in [0.717, 1.165) is 56.8 Å². The van der Waals surface area contributed by atoms with Gasteiger partial charge in [0, 0.05) is 38.2 Å². The van der Waals surface area contributed by atoms with E-state index < -0.39 is 10.0 Å². The fourth-order valence-electron chi connectivity index (χ4n) is 3.36. The first-order chi connectivity index (χ1) is 11.0. The molecule has 1 aromatic rings. The number of anilines is 1. The highest BCUT2D eigenvalue weighted by Gasteiger charge is 2.26. The zero-order valence-corrected chi connectivity index (χ0v) is 14.4. The molecule has 0 saturated carbocycles. The van der Waals surface area contributed by atoms with Crippen molar-refractivity contribution >= 4 is 15.8 Å². The van der Waals surface area contributed by atoms with E-state index >= 15 is 0 Å². The molecule has 3 rings (SSSR count). The van der Waals surface area contributed by atoms with Gasteiger partial charge in [0.15, 0.2) is 0 Å². The molecular formula is C15H25N5O2S. The molecule has 0 amide bonds. The number of sulfonamides is 1. The van der Waals surface area contributed by atoms with Crippen molar-refractivity contribution < 1.29 is 8.42 Å². The lowest BCUT2D eigenvalue weighted by atomic mass is 9.99. The maximum atomic E-state index is 11.7. The van der Waals surface area contributed by atoms with Gasteiger partial charge >= 0.3 is 0 Å². The van der Waals surface area contributed by atoms with Gasteiger partial charge in [0.05, 0.1) is 11.9 Å². The van der Waals surface area contributed by atoms with Crippen LogP contribution in [0.4, 0.5) is 5.82 Å². The van der Waals surface area contributed by atoms with Crippen LogP contribution in [0.25, 0.3) is 0 Å². The summed E-state index contributed by atoms with van der Waals surface area (Å²) in [6.07, 6.45) is 6.74. The van der Waals surface area contributed by atoms with E-state index in [2.05, 4.69) is 20.6 Å². The summed E-state index contributed by atoms with van der Waals surface area (Å²) in [6.45, 7) is 3.89. The number of rotatable bonds is 4. The minimum Gasteiger partial charge on any atom is -0.369 e. The van der Waals surface area contributed by atoms with Crippen LogP contribution in [0.5, 0.6) is 0 Å². The van der Waals surface area contributed by atoms with Gasteiger partial charge in [-0.05, 0) is 31.7 Å². The zero-order chi connectivity index (χ0) is 16.3. The van der Waals surface area contributed by atoms with E-state index in [4.69, 9.17) is 0 Å². The molecule has 0 unspecified atom stereocenters. The Morgan fingerprint density at radius 2 is 2.17 bits per heavy atom. The Bertz CT molecular complexity index is 649. The van der Waals surface area contributed by atoms with Crippen molar-refractivity contribution in [2.24, 2.45) is 5.92 Å². The van der Waals surface area contributed by atoms with Crippen molar-refractivity contribution in [1.82, 2.24) is 19.6 Å². The Morgan fingerprint density at radius 1 is 1.35 bits per heavy atom. The van der Waals surface area contributed by atoms with Crippen LogP contribution in [0.3, 0.4) is 0 Å². The molecular weight excluding hydrogens is 314 g/mol. The lowest BCUT2D eigenvalue weighted by molar-refractivity contribution is 0.276. The van der Waals surface area contributed by atoms with Crippen LogP contribution < -0.4 is 10.6 Å². The van der Waals surface area contributed by atoms with Crippen LogP contribution in [0.15, 0.2) is 6.33 Å². The molecule has 0 radical (unpaired) electrons. The van der Waals surface area contributed by atoms with Gasteiger partial charge in [-0.3, -0.25) is 0 Å². The molecule has 1 fully saturated rings. The van der Waals surface area contributed by atoms with Gasteiger partial charge in [-0.15, -0.1) is 0 Å². The van der Waals surface area contributed by atoms with E-state index in [-0.39, 0.29) is 0 Å². The van der Waals surface area contributed by atoms with Crippen LogP contribution in [0, 0.1) is 5.92 Å². The third-order valence-electron chi connectivity index (χ3n) is 4.63. The molecule has 2 aliphatic rings. The van der Waals surface area contributed by atoms with Crippen LogP contribution >= 0.6 is 0 Å². The van der Waals surface area contributed by atoms with Crippen molar-refractivity contribution in [2.45, 2.75) is 25.7 Å². The van der Waals surface area contributed by atoms with E-state index in [0.29, 0.717) is 19.0 Å². The number of nitrogens with zero attached hydrogens (tertiary/aromatic N) is 3. The number of hydrogen-bond donors (Lipinski definition) is 2. The Labute approximate surface area is 137 Å². The first-order valence-corrected chi connectivity index (χ1v) is 10.1. The Kier molecular flexibility index (Phi) is 5.13. The number of nitrogens with one attached hydrogen (secondary N) is 2. The molecule has 3 heterocycles. The first kappa shape index (κ1) is 16.6. The SMILES string of the molecule is CS(=O)(=O)N1CCC[C@H](CNc2ncnc3c2CCNCC3)C1. The summed E-state index contributed by atoms with van der Waals surface area (Å²) in [6, 6.07) is 0. The van der Waals surface area contributed by atoms with Gasteiger partial charge in [0.25, 0.3) is 0 Å². The molecule has 2 aliphatic heterocycles. The lowest BCUT2D eigenvalue weighted by Crippen LogP contribution is -2.41. The summed E-state index contributed by atoms with van der Waals surface area (Å²) >= 11 is 0. The molecule has 8 heteroatoms. The minimum absolute atomic E-state index is 0.327. The highest BCUT2D eigenvalue weighted by molar-refractivity contribution is 7.88. The largest absolute Gasteiger partial charge is 0.369 e. The van der Waals surface area contributed by atoms with Crippen molar-refractivity contribution in [3.05, 3.63) is 17.6 Å². The predicted octanol–water partition coefficient (Wildman–Crippen LogP) is 0.248. The average molecular weight is 339 g/mol. The average Bonchev–Trinajstić information content (AvgIpc) is 2.78. The third kappa shape index (κ3) is 4.19. The number of aromatic nitrogens is 2. The van der Waals surface area contributed by atoms with Gasteiger partial charge in [-0.2, -0.15) is 0 Å². The van der Waals surface area contributed by atoms with Gasteiger partial charge in [-0.1, -0.05) is 0 Å². The molecule has 0 bridgehead atoms. The van der Waals surface area contributed by atoms with E-state index in [1.807, 2.05) is 0 Å². The summed E-state index contributed by atoms with van der Waals surface area (Å²) in [5, 5.41) is 6.82. The van der Waals surface area contributed by atoms with Gasteiger partial charge in [0.2, 0.25) is 10.0 Å². The number of piperidine rings is 1. The molecule has 1 atom stereocenters. The van der Waals surface area contributed by atoms with Crippen molar-refractivity contribution in [3.8, 4) is 0 Å². The van der Waals surface area contributed by atoms with E-state index in [1.54, 1.807) is 10.6 Å². The monoisotopic (exact) mass is 339 g/mol. The van der Waals surface area contributed by atoms with Crippen LogP contribution in [0.2, 0.25) is 0 Å². The van der Waals surface area contributed by atoms with Gasteiger partial charge in [0.1, 0.15) is 12.1 Å². The van der Waals surface area contributed by atoms with Crippen molar-refractivity contribution in [3.63, 3.8) is 0 Å². The maximum absolute atomic E-state index is 11.7. The van der Waals surface area contributed by atoms with Crippen LogP contribution in [-0.4, -0.2) is 61.7 Å². The van der Waals surface area contributed by atoms with Crippen molar-refractivity contribution in [1.29, 1.82) is 0 Å². The third-order valence-corrected chi connectivity index (χ3v) is 5.90. The lowest BCUT2D eigenvalue weighted by Gasteiger charge is -2.31. The maximum Gasteiger partial charge on any atom is 0.211 e. The highest BCUT2D eigenvalue weighted by atomic mass is 32.2. The molecule has 1 saturated heterocycles. The summed E-state index contributed by atoms with van der Waals surface area (Å²) in [5.74, 6) is 1.24. The second-order valence-electron chi connectivity index (χ2n) is 6.41. The van der Waals surface area contributed by atoms with E-state index in [9.17, 15) is 8.42 Å². The second-order valence-corrected chi connectivity index (χ2v) is 8.39. The topological polar surface area (TPSA) is 87.2 Å². The van der Waals surface area contributed by atoms with E-state index in [1.165, 1.54) is 11.8 Å². The number of hydrogen-bond acceptors (Lipinski definition) is 6. The van der Waals surface area contributed by atoms with Crippen LogP contribution in [0.1, 0.15) is 24.1 Å². The second kappa shape index (κ2) is 7.11. The smallest absolute Gasteiger partial charge is 0.211 e. The van der Waals surface area contributed by atoms with Crippen LogP contribution in [-0.2, 0) is 22.9 Å². The first-order valence-electron chi connectivity index (χ1n) is 8.26. The summed E-state index contributed by atoms with van der Waals surface area (Å²) in [7, 11) is -3.09. The normalized spacial score (nSPS) is 23.1. The summed E-state index contributed by atoms with van der Waals surface area (Å²) in [4.78, 5) is 8.80. The Hall–Kier alpha value is -1.25. The Balaban J connectivity index is 1.64. The quantitative estimate of drug-likeness (QED) is 0.818. The molecule has 7 nitrogen and oxygen atoms in total.